The van der Waals surface area contributed by atoms with Crippen molar-refractivity contribution in [2.75, 3.05) is 6.54 Å². The Morgan fingerprint density at radius 1 is 1.50 bits per heavy atom. The van der Waals surface area contributed by atoms with E-state index in [-0.39, 0.29) is 11.9 Å². The summed E-state index contributed by atoms with van der Waals surface area (Å²) in [5, 5.41) is 4.28. The third-order valence-corrected chi connectivity index (χ3v) is 3.84. The van der Waals surface area contributed by atoms with E-state index in [2.05, 4.69) is 5.10 Å². The van der Waals surface area contributed by atoms with Crippen molar-refractivity contribution in [1.29, 1.82) is 0 Å². The van der Waals surface area contributed by atoms with E-state index in [4.69, 9.17) is 18.0 Å². The van der Waals surface area contributed by atoms with Crippen LogP contribution in [0.3, 0.4) is 0 Å². The topological polar surface area (TPSA) is 64.2 Å². The molecule has 0 aliphatic carbocycles. The Balaban J connectivity index is 2.34. The lowest BCUT2D eigenvalue weighted by atomic mass is 10.1. The monoisotopic (exact) mass is 266 g/mol. The van der Waals surface area contributed by atoms with Crippen LogP contribution in [0.1, 0.15) is 34.6 Å². The third-order valence-electron chi connectivity index (χ3n) is 3.56. The van der Waals surface area contributed by atoms with E-state index in [1.54, 1.807) is 9.58 Å². The molecule has 6 heteroatoms. The number of nitrogens with two attached hydrogens (primary N) is 1. The second-order valence-electron chi connectivity index (χ2n) is 4.73. The summed E-state index contributed by atoms with van der Waals surface area (Å²) in [4.78, 5) is 14.8. The van der Waals surface area contributed by atoms with Gasteiger partial charge in [-0.05, 0) is 26.7 Å². The molecule has 0 radical (unpaired) electrons. The van der Waals surface area contributed by atoms with Gasteiger partial charge in [0.2, 0.25) is 0 Å². The molecule has 2 N–H and O–H groups in total. The lowest BCUT2D eigenvalue weighted by Crippen LogP contribution is -2.43. The Morgan fingerprint density at radius 2 is 2.17 bits per heavy atom. The number of aryl methyl sites for hydroxylation is 2. The largest absolute Gasteiger partial charge is 0.392 e. The third kappa shape index (κ3) is 2.01. The minimum atomic E-state index is -0.105. The predicted octanol–water partition coefficient (Wildman–Crippen LogP) is 0.928. The van der Waals surface area contributed by atoms with Crippen molar-refractivity contribution in [1.82, 2.24) is 14.7 Å². The fraction of sp³-hybridized carbons (Fsp3) is 0.583. The van der Waals surface area contributed by atoms with Crippen LogP contribution in [-0.2, 0) is 7.05 Å². The van der Waals surface area contributed by atoms with Gasteiger partial charge in [0.05, 0.1) is 22.3 Å². The molecule has 1 unspecified atom stereocenters. The molecule has 5 nitrogen and oxygen atoms in total. The van der Waals surface area contributed by atoms with E-state index in [0.717, 1.165) is 24.2 Å². The first kappa shape index (κ1) is 13.0. The zero-order valence-electron chi connectivity index (χ0n) is 10.9. The highest BCUT2D eigenvalue weighted by Gasteiger charge is 2.33. The summed E-state index contributed by atoms with van der Waals surface area (Å²) in [5.74, 6) is -0.00611. The van der Waals surface area contributed by atoms with Gasteiger partial charge in [0, 0.05) is 19.3 Å². The van der Waals surface area contributed by atoms with Gasteiger partial charge >= 0.3 is 0 Å². The number of amides is 1. The van der Waals surface area contributed by atoms with Crippen molar-refractivity contribution in [2.45, 2.75) is 32.7 Å². The van der Waals surface area contributed by atoms with Crippen LogP contribution in [-0.4, -0.2) is 38.2 Å². The van der Waals surface area contributed by atoms with Crippen molar-refractivity contribution >= 4 is 23.1 Å². The molecule has 2 rings (SSSR count). The predicted molar refractivity (Wildman–Crippen MR) is 73.5 cm³/mol. The number of rotatable bonds is 2. The molecule has 0 saturated carbocycles. The molecule has 18 heavy (non-hydrogen) atoms. The molecule has 1 saturated heterocycles. The molecule has 1 aliphatic rings. The van der Waals surface area contributed by atoms with E-state index in [9.17, 15) is 4.79 Å². The molecule has 1 fully saturated rings. The molecule has 0 spiro atoms. The second-order valence-corrected chi connectivity index (χ2v) is 5.20. The van der Waals surface area contributed by atoms with E-state index in [1.165, 1.54) is 0 Å². The van der Waals surface area contributed by atoms with E-state index >= 15 is 0 Å². The van der Waals surface area contributed by atoms with E-state index < -0.39 is 0 Å². The first-order valence-corrected chi connectivity index (χ1v) is 6.44. The summed E-state index contributed by atoms with van der Waals surface area (Å²) in [6.07, 6.45) is 1.81. The first-order valence-electron chi connectivity index (χ1n) is 6.04. The van der Waals surface area contributed by atoms with Gasteiger partial charge in [-0.2, -0.15) is 5.10 Å². The minimum Gasteiger partial charge on any atom is -0.392 e. The first-order chi connectivity index (χ1) is 8.43. The van der Waals surface area contributed by atoms with E-state index in [1.807, 2.05) is 20.9 Å². The number of nitrogens with zero attached hydrogens (tertiary/aromatic N) is 3. The van der Waals surface area contributed by atoms with Crippen LogP contribution < -0.4 is 5.73 Å². The van der Waals surface area contributed by atoms with Crippen LogP contribution in [0.5, 0.6) is 0 Å². The van der Waals surface area contributed by atoms with Crippen LogP contribution in [0.2, 0.25) is 0 Å². The maximum absolute atomic E-state index is 12.6. The fourth-order valence-electron chi connectivity index (χ4n) is 2.53. The number of hydrogen-bond acceptors (Lipinski definition) is 3. The van der Waals surface area contributed by atoms with Crippen LogP contribution >= 0.6 is 12.2 Å². The molecule has 1 amide bonds. The molecule has 0 aromatic carbocycles. The molecule has 0 bridgehead atoms. The minimum absolute atomic E-state index is 0.00611. The SMILES string of the molecule is Cc1nn(C)c(C)c1C(=O)N1CCCC1C(N)=S. The maximum Gasteiger partial charge on any atom is 0.258 e. The highest BCUT2D eigenvalue weighted by atomic mass is 32.1. The molecule has 1 aliphatic heterocycles. The van der Waals surface area contributed by atoms with Crippen LogP contribution in [0.15, 0.2) is 0 Å². The Labute approximate surface area is 112 Å². The van der Waals surface area contributed by atoms with Gasteiger partial charge in [-0.25, -0.2) is 0 Å². The van der Waals surface area contributed by atoms with Gasteiger partial charge < -0.3 is 10.6 Å². The van der Waals surface area contributed by atoms with Crippen molar-refractivity contribution < 1.29 is 4.79 Å². The average Bonchev–Trinajstić information content (AvgIpc) is 2.85. The van der Waals surface area contributed by atoms with Gasteiger partial charge in [0.25, 0.3) is 5.91 Å². The van der Waals surface area contributed by atoms with Gasteiger partial charge in [-0.1, -0.05) is 12.2 Å². The number of carbonyl (C=O) groups is 1. The maximum atomic E-state index is 12.6. The molecule has 1 aromatic rings. The van der Waals surface area contributed by atoms with Gasteiger partial charge in [-0.3, -0.25) is 9.48 Å². The molecular weight excluding hydrogens is 248 g/mol. The van der Waals surface area contributed by atoms with Crippen molar-refractivity contribution in [3.63, 3.8) is 0 Å². The molecule has 1 aromatic heterocycles. The molecule has 2 heterocycles. The molecular formula is C12H18N4OS. The van der Waals surface area contributed by atoms with Crippen LogP contribution in [0, 0.1) is 13.8 Å². The van der Waals surface area contributed by atoms with Gasteiger partial charge in [0.1, 0.15) is 0 Å². The Morgan fingerprint density at radius 3 is 2.67 bits per heavy atom. The summed E-state index contributed by atoms with van der Waals surface area (Å²) in [6.45, 7) is 4.47. The lowest BCUT2D eigenvalue weighted by molar-refractivity contribution is 0.0769. The zero-order valence-corrected chi connectivity index (χ0v) is 11.8. The second kappa shape index (κ2) is 4.68. The number of hydrogen-bond donors (Lipinski definition) is 1. The lowest BCUT2D eigenvalue weighted by Gasteiger charge is -2.23. The number of aromatic nitrogens is 2. The average molecular weight is 266 g/mol. The highest BCUT2D eigenvalue weighted by Crippen LogP contribution is 2.23. The normalized spacial score (nSPS) is 19.3. The smallest absolute Gasteiger partial charge is 0.258 e. The van der Waals surface area contributed by atoms with Gasteiger partial charge in [0.15, 0.2) is 0 Å². The zero-order chi connectivity index (χ0) is 13.4. The van der Waals surface area contributed by atoms with Gasteiger partial charge in [-0.15, -0.1) is 0 Å². The van der Waals surface area contributed by atoms with Crippen LogP contribution in [0.25, 0.3) is 0 Å². The summed E-state index contributed by atoms with van der Waals surface area (Å²) >= 11 is 5.04. The van der Waals surface area contributed by atoms with E-state index in [0.29, 0.717) is 17.1 Å². The summed E-state index contributed by atoms with van der Waals surface area (Å²) < 4.78 is 1.73. The fourth-order valence-corrected chi connectivity index (χ4v) is 2.78. The summed E-state index contributed by atoms with van der Waals surface area (Å²) in [7, 11) is 1.84. The standard InChI is InChI=1S/C12H18N4OS/c1-7-10(8(2)15(3)14-7)12(17)16-6-4-5-9(16)11(13)18/h9H,4-6H2,1-3H3,(H2,13,18). The Kier molecular flexibility index (Phi) is 3.38. The quantitative estimate of drug-likeness (QED) is 0.809. The molecule has 98 valence electrons. The summed E-state index contributed by atoms with van der Waals surface area (Å²) in [5.41, 5.74) is 8.02. The Hall–Kier alpha value is -1.43. The van der Waals surface area contributed by atoms with Crippen molar-refractivity contribution in [3.05, 3.63) is 17.0 Å². The van der Waals surface area contributed by atoms with Crippen LogP contribution in [0.4, 0.5) is 0 Å². The Bertz CT molecular complexity index is 508. The summed E-state index contributed by atoms with van der Waals surface area (Å²) in [6, 6.07) is -0.105. The molecule has 1 atom stereocenters. The number of carbonyl (C=O) groups excluding carboxylic acids is 1. The highest BCUT2D eigenvalue weighted by molar-refractivity contribution is 7.80. The number of thiocarbonyl (C=S) groups is 1. The van der Waals surface area contributed by atoms with Crippen molar-refractivity contribution in [2.24, 2.45) is 12.8 Å². The number of likely N-dealkylation sites (tertiary alicyclic amines) is 1. The van der Waals surface area contributed by atoms with Crippen molar-refractivity contribution in [3.8, 4) is 0 Å².